The van der Waals surface area contributed by atoms with Gasteiger partial charge in [-0.15, -0.1) is 0 Å². The molecule has 14 heavy (non-hydrogen) atoms. The standard InChI is InChI=1S/C8H9F2N3O/c9-5-2-1-4(3-6(5)10)7(13-12)8(11)14/h1-3,7,13H,12H2,(H2,11,14). The van der Waals surface area contributed by atoms with Crippen LogP contribution in [0.3, 0.4) is 0 Å². The first-order valence-corrected chi connectivity index (χ1v) is 3.76. The molecule has 4 nitrogen and oxygen atoms in total. The number of hydrazine groups is 1. The average molecular weight is 201 g/mol. The van der Waals surface area contributed by atoms with Crippen LogP contribution in [-0.4, -0.2) is 5.91 Å². The third kappa shape index (κ3) is 2.04. The molecule has 0 spiro atoms. The zero-order valence-corrected chi connectivity index (χ0v) is 7.13. The molecule has 1 atom stereocenters. The third-order valence-corrected chi connectivity index (χ3v) is 1.73. The maximum atomic E-state index is 12.7. The topological polar surface area (TPSA) is 81.1 Å². The van der Waals surface area contributed by atoms with Crippen LogP contribution >= 0.6 is 0 Å². The summed E-state index contributed by atoms with van der Waals surface area (Å²) in [5, 5.41) is 0. The molecule has 0 bridgehead atoms. The number of carbonyl (C=O) groups excluding carboxylic acids is 1. The number of halogens is 2. The molecule has 0 aromatic heterocycles. The maximum Gasteiger partial charge on any atom is 0.240 e. The van der Waals surface area contributed by atoms with Crippen LogP contribution in [0.15, 0.2) is 18.2 Å². The number of primary amides is 1. The van der Waals surface area contributed by atoms with E-state index in [1.54, 1.807) is 0 Å². The normalized spacial score (nSPS) is 12.5. The number of nitrogens with two attached hydrogens (primary N) is 2. The molecule has 1 amide bonds. The van der Waals surface area contributed by atoms with Crippen LogP contribution in [0, 0.1) is 11.6 Å². The number of carbonyl (C=O) groups is 1. The second kappa shape index (κ2) is 4.12. The van der Waals surface area contributed by atoms with Crippen LogP contribution in [0.25, 0.3) is 0 Å². The Labute approximate surface area is 78.9 Å². The predicted molar refractivity (Wildman–Crippen MR) is 45.6 cm³/mol. The van der Waals surface area contributed by atoms with Crippen molar-refractivity contribution < 1.29 is 13.6 Å². The molecule has 76 valence electrons. The lowest BCUT2D eigenvalue weighted by molar-refractivity contribution is -0.120. The Morgan fingerprint density at radius 1 is 1.36 bits per heavy atom. The van der Waals surface area contributed by atoms with Crippen molar-refractivity contribution in [2.24, 2.45) is 11.6 Å². The van der Waals surface area contributed by atoms with Crippen LogP contribution in [0.2, 0.25) is 0 Å². The largest absolute Gasteiger partial charge is 0.368 e. The van der Waals surface area contributed by atoms with Gasteiger partial charge in [0.25, 0.3) is 0 Å². The minimum Gasteiger partial charge on any atom is -0.368 e. The highest BCUT2D eigenvalue weighted by Crippen LogP contribution is 2.15. The molecule has 1 aromatic rings. The highest BCUT2D eigenvalue weighted by Gasteiger charge is 2.17. The van der Waals surface area contributed by atoms with Crippen molar-refractivity contribution in [2.45, 2.75) is 6.04 Å². The molecule has 0 saturated carbocycles. The van der Waals surface area contributed by atoms with Crippen molar-refractivity contribution in [1.29, 1.82) is 0 Å². The van der Waals surface area contributed by atoms with E-state index in [0.717, 1.165) is 12.1 Å². The van der Waals surface area contributed by atoms with Gasteiger partial charge in [-0.05, 0) is 17.7 Å². The summed E-state index contributed by atoms with van der Waals surface area (Å²) in [6.07, 6.45) is 0. The summed E-state index contributed by atoms with van der Waals surface area (Å²) in [6.45, 7) is 0. The minimum absolute atomic E-state index is 0.180. The van der Waals surface area contributed by atoms with Crippen LogP contribution in [-0.2, 0) is 4.79 Å². The number of nitrogens with one attached hydrogen (secondary N) is 1. The molecule has 0 aliphatic rings. The molecule has 0 fully saturated rings. The first-order chi connectivity index (χ1) is 6.56. The van der Waals surface area contributed by atoms with Crippen molar-refractivity contribution in [1.82, 2.24) is 5.43 Å². The summed E-state index contributed by atoms with van der Waals surface area (Å²) in [7, 11) is 0. The van der Waals surface area contributed by atoms with Crippen LogP contribution in [0.5, 0.6) is 0 Å². The van der Waals surface area contributed by atoms with E-state index in [1.165, 1.54) is 6.07 Å². The monoisotopic (exact) mass is 201 g/mol. The van der Waals surface area contributed by atoms with Crippen molar-refractivity contribution in [2.75, 3.05) is 0 Å². The van der Waals surface area contributed by atoms with E-state index in [-0.39, 0.29) is 5.56 Å². The van der Waals surface area contributed by atoms with Crippen molar-refractivity contribution >= 4 is 5.91 Å². The summed E-state index contributed by atoms with van der Waals surface area (Å²) >= 11 is 0. The van der Waals surface area contributed by atoms with E-state index in [0.29, 0.717) is 0 Å². The van der Waals surface area contributed by atoms with Gasteiger partial charge in [0.1, 0.15) is 6.04 Å². The SMILES string of the molecule is NNC(C(N)=O)c1ccc(F)c(F)c1. The molecule has 1 aromatic carbocycles. The van der Waals surface area contributed by atoms with Gasteiger partial charge in [-0.1, -0.05) is 6.07 Å². The summed E-state index contributed by atoms with van der Waals surface area (Å²) in [5.41, 5.74) is 7.25. The number of rotatable bonds is 3. The Bertz CT molecular complexity index is 356. The van der Waals surface area contributed by atoms with E-state index >= 15 is 0 Å². The fourth-order valence-corrected chi connectivity index (χ4v) is 1.03. The molecule has 1 rings (SSSR count). The molecule has 1 unspecified atom stereocenters. The maximum absolute atomic E-state index is 12.7. The Morgan fingerprint density at radius 2 is 2.00 bits per heavy atom. The summed E-state index contributed by atoms with van der Waals surface area (Å²) in [6, 6.07) is 1.97. The van der Waals surface area contributed by atoms with E-state index in [4.69, 9.17) is 11.6 Å². The smallest absolute Gasteiger partial charge is 0.240 e. The number of hydrogen-bond acceptors (Lipinski definition) is 3. The lowest BCUT2D eigenvalue weighted by atomic mass is 10.1. The van der Waals surface area contributed by atoms with E-state index in [2.05, 4.69) is 5.43 Å². The quantitative estimate of drug-likeness (QED) is 0.474. The van der Waals surface area contributed by atoms with Crippen LogP contribution < -0.4 is 17.0 Å². The molecule has 0 saturated heterocycles. The minimum atomic E-state index is -1.05. The fraction of sp³-hybridized carbons (Fsp3) is 0.125. The van der Waals surface area contributed by atoms with E-state index in [1.807, 2.05) is 0 Å². The first kappa shape index (κ1) is 10.6. The summed E-state index contributed by atoms with van der Waals surface area (Å²) < 4.78 is 25.3. The van der Waals surface area contributed by atoms with Gasteiger partial charge in [0.15, 0.2) is 11.6 Å². The van der Waals surface area contributed by atoms with Gasteiger partial charge in [0, 0.05) is 0 Å². The van der Waals surface area contributed by atoms with Crippen molar-refractivity contribution in [3.63, 3.8) is 0 Å². The zero-order chi connectivity index (χ0) is 10.7. The molecule has 5 N–H and O–H groups in total. The van der Waals surface area contributed by atoms with Gasteiger partial charge in [-0.25, -0.2) is 14.2 Å². The van der Waals surface area contributed by atoms with Gasteiger partial charge >= 0.3 is 0 Å². The van der Waals surface area contributed by atoms with E-state index < -0.39 is 23.6 Å². The van der Waals surface area contributed by atoms with Crippen LogP contribution in [0.1, 0.15) is 11.6 Å². The second-order valence-electron chi connectivity index (χ2n) is 2.68. The van der Waals surface area contributed by atoms with Gasteiger partial charge in [0.05, 0.1) is 0 Å². The van der Waals surface area contributed by atoms with Gasteiger partial charge in [0.2, 0.25) is 5.91 Å². The fourth-order valence-electron chi connectivity index (χ4n) is 1.03. The highest BCUT2D eigenvalue weighted by molar-refractivity contribution is 5.81. The van der Waals surface area contributed by atoms with Gasteiger partial charge < -0.3 is 5.73 Å². The third-order valence-electron chi connectivity index (χ3n) is 1.73. The molecule has 0 aliphatic carbocycles. The Kier molecular flexibility index (Phi) is 3.10. The Morgan fingerprint density at radius 3 is 2.43 bits per heavy atom. The number of benzene rings is 1. The predicted octanol–water partition coefficient (Wildman–Crippen LogP) is -0.0455. The Hall–Kier alpha value is -1.53. The summed E-state index contributed by atoms with van der Waals surface area (Å²) in [4.78, 5) is 10.8. The highest BCUT2D eigenvalue weighted by atomic mass is 19.2. The Balaban J connectivity index is 3.06. The molecular formula is C8H9F2N3O. The van der Waals surface area contributed by atoms with Crippen molar-refractivity contribution in [3.05, 3.63) is 35.4 Å². The number of hydrogen-bond donors (Lipinski definition) is 3. The molecule has 0 aliphatic heterocycles. The molecular weight excluding hydrogens is 192 g/mol. The lowest BCUT2D eigenvalue weighted by Crippen LogP contribution is -2.37. The zero-order valence-electron chi connectivity index (χ0n) is 7.13. The average Bonchev–Trinajstić information content (AvgIpc) is 2.11. The number of amides is 1. The molecule has 0 heterocycles. The van der Waals surface area contributed by atoms with Crippen molar-refractivity contribution in [3.8, 4) is 0 Å². The molecule has 6 heteroatoms. The second-order valence-corrected chi connectivity index (χ2v) is 2.68. The summed E-state index contributed by atoms with van der Waals surface area (Å²) in [5.74, 6) is 2.22. The molecule has 0 radical (unpaired) electrons. The van der Waals surface area contributed by atoms with E-state index in [9.17, 15) is 13.6 Å². The van der Waals surface area contributed by atoms with Crippen LogP contribution in [0.4, 0.5) is 8.78 Å². The van der Waals surface area contributed by atoms with Gasteiger partial charge in [-0.2, -0.15) is 0 Å². The first-order valence-electron chi connectivity index (χ1n) is 3.76. The van der Waals surface area contributed by atoms with Gasteiger partial charge in [-0.3, -0.25) is 10.6 Å². The lowest BCUT2D eigenvalue weighted by Gasteiger charge is -2.11.